The summed E-state index contributed by atoms with van der Waals surface area (Å²) in [7, 11) is 0. The highest BCUT2D eigenvalue weighted by Crippen LogP contribution is 2.29. The molecular weight excluding hydrogens is 314 g/mol. The van der Waals surface area contributed by atoms with Crippen LogP contribution in [0, 0.1) is 0 Å². The van der Waals surface area contributed by atoms with E-state index in [2.05, 4.69) is 32.9 Å². The lowest BCUT2D eigenvalue weighted by atomic mass is 10.1. The monoisotopic (exact) mass is 333 g/mol. The van der Waals surface area contributed by atoms with E-state index in [0.29, 0.717) is 6.54 Å². The summed E-state index contributed by atoms with van der Waals surface area (Å²) in [5.41, 5.74) is 3.93. The Morgan fingerprint density at radius 2 is 2.36 bits per heavy atom. The van der Waals surface area contributed by atoms with Crippen molar-refractivity contribution in [3.8, 4) is 11.1 Å². The number of H-pyrrole nitrogens is 1. The summed E-state index contributed by atoms with van der Waals surface area (Å²) in [4.78, 5) is 25.4. The van der Waals surface area contributed by atoms with E-state index in [-0.39, 0.29) is 11.9 Å². The third-order valence-electron chi connectivity index (χ3n) is 4.55. The van der Waals surface area contributed by atoms with Gasteiger partial charge in [-0.05, 0) is 24.6 Å². The van der Waals surface area contributed by atoms with Crippen LogP contribution in [0.25, 0.3) is 22.2 Å². The third kappa shape index (κ3) is 2.98. The van der Waals surface area contributed by atoms with Crippen LogP contribution >= 0.6 is 0 Å². The van der Waals surface area contributed by atoms with Crippen molar-refractivity contribution in [2.45, 2.75) is 12.5 Å². The average molecular weight is 333 g/mol. The minimum atomic E-state index is -0.0117. The SMILES string of the molecule is C=CC(=O)N1CC[C@@H](Nc2cnc3[nH]cc(-c4cccnc4)c3c2)C1. The first kappa shape index (κ1) is 15.4. The maximum Gasteiger partial charge on any atom is 0.246 e. The highest BCUT2D eigenvalue weighted by Gasteiger charge is 2.24. The van der Waals surface area contributed by atoms with Gasteiger partial charge in [0.1, 0.15) is 5.65 Å². The number of amides is 1. The summed E-state index contributed by atoms with van der Waals surface area (Å²) < 4.78 is 0. The Kier molecular flexibility index (Phi) is 3.93. The normalized spacial score (nSPS) is 17.0. The van der Waals surface area contributed by atoms with Crippen LogP contribution in [0.4, 0.5) is 5.69 Å². The van der Waals surface area contributed by atoms with Gasteiger partial charge in [-0.25, -0.2) is 4.98 Å². The van der Waals surface area contributed by atoms with Gasteiger partial charge in [0.2, 0.25) is 5.91 Å². The molecule has 126 valence electrons. The fourth-order valence-corrected chi connectivity index (χ4v) is 3.29. The van der Waals surface area contributed by atoms with E-state index in [4.69, 9.17) is 0 Å². The van der Waals surface area contributed by atoms with E-state index in [1.807, 2.05) is 35.6 Å². The number of rotatable bonds is 4. The van der Waals surface area contributed by atoms with Crippen molar-refractivity contribution in [1.29, 1.82) is 0 Å². The van der Waals surface area contributed by atoms with Gasteiger partial charge in [-0.3, -0.25) is 9.78 Å². The number of likely N-dealkylation sites (tertiary alicyclic amines) is 1. The summed E-state index contributed by atoms with van der Waals surface area (Å²) in [6.45, 7) is 4.99. The Hall–Kier alpha value is -3.15. The molecule has 0 aromatic carbocycles. The van der Waals surface area contributed by atoms with Gasteiger partial charge in [0.15, 0.2) is 0 Å². The molecule has 4 rings (SSSR count). The second kappa shape index (κ2) is 6.39. The van der Waals surface area contributed by atoms with E-state index >= 15 is 0 Å². The van der Waals surface area contributed by atoms with Crippen LogP contribution in [0.2, 0.25) is 0 Å². The maximum atomic E-state index is 11.7. The number of fused-ring (bicyclic) bond motifs is 1. The van der Waals surface area contributed by atoms with Gasteiger partial charge in [0.05, 0.1) is 11.9 Å². The molecule has 6 nitrogen and oxygen atoms in total. The number of pyridine rings is 2. The Labute approximate surface area is 145 Å². The molecule has 25 heavy (non-hydrogen) atoms. The Morgan fingerprint density at radius 1 is 1.44 bits per heavy atom. The summed E-state index contributed by atoms with van der Waals surface area (Å²) in [6.07, 6.45) is 9.68. The lowest BCUT2D eigenvalue weighted by Crippen LogP contribution is -2.30. The summed E-state index contributed by atoms with van der Waals surface area (Å²) >= 11 is 0. The highest BCUT2D eigenvalue weighted by molar-refractivity contribution is 5.95. The average Bonchev–Trinajstić information content (AvgIpc) is 3.28. The van der Waals surface area contributed by atoms with E-state index in [1.165, 1.54) is 6.08 Å². The second-order valence-electron chi connectivity index (χ2n) is 6.18. The lowest BCUT2D eigenvalue weighted by Gasteiger charge is -2.16. The van der Waals surface area contributed by atoms with E-state index in [1.54, 1.807) is 6.20 Å². The fraction of sp³-hybridized carbons (Fsp3) is 0.211. The maximum absolute atomic E-state index is 11.7. The van der Waals surface area contributed by atoms with Crippen LogP contribution in [-0.4, -0.2) is 44.9 Å². The molecule has 1 atom stereocenters. The molecule has 0 spiro atoms. The first-order valence-electron chi connectivity index (χ1n) is 8.30. The minimum Gasteiger partial charge on any atom is -0.379 e. The van der Waals surface area contributed by atoms with Gasteiger partial charge in [-0.2, -0.15) is 0 Å². The van der Waals surface area contributed by atoms with Crippen molar-refractivity contribution in [2.24, 2.45) is 0 Å². The van der Waals surface area contributed by atoms with Crippen LogP contribution in [0.5, 0.6) is 0 Å². The van der Waals surface area contributed by atoms with Crippen LogP contribution in [0.1, 0.15) is 6.42 Å². The third-order valence-corrected chi connectivity index (χ3v) is 4.55. The van der Waals surface area contributed by atoms with Gasteiger partial charge >= 0.3 is 0 Å². The number of carbonyl (C=O) groups excluding carboxylic acids is 1. The summed E-state index contributed by atoms with van der Waals surface area (Å²) in [5, 5.41) is 4.54. The van der Waals surface area contributed by atoms with Crippen LogP contribution in [0.3, 0.4) is 0 Å². The van der Waals surface area contributed by atoms with Crippen LogP contribution in [-0.2, 0) is 4.79 Å². The molecule has 4 heterocycles. The molecule has 1 saturated heterocycles. The fourth-order valence-electron chi connectivity index (χ4n) is 3.29. The summed E-state index contributed by atoms with van der Waals surface area (Å²) in [6, 6.07) is 6.28. The molecule has 0 saturated carbocycles. The van der Waals surface area contributed by atoms with Crippen molar-refractivity contribution in [3.05, 3.63) is 55.6 Å². The predicted molar refractivity (Wildman–Crippen MR) is 98.1 cm³/mol. The van der Waals surface area contributed by atoms with Gasteiger partial charge in [-0.15, -0.1) is 0 Å². The molecule has 1 amide bonds. The highest BCUT2D eigenvalue weighted by atomic mass is 16.2. The largest absolute Gasteiger partial charge is 0.379 e. The van der Waals surface area contributed by atoms with E-state index < -0.39 is 0 Å². The Balaban J connectivity index is 1.57. The number of hydrogen-bond acceptors (Lipinski definition) is 4. The molecule has 1 aliphatic heterocycles. The second-order valence-corrected chi connectivity index (χ2v) is 6.18. The smallest absolute Gasteiger partial charge is 0.246 e. The molecule has 1 fully saturated rings. The zero-order valence-corrected chi connectivity index (χ0v) is 13.8. The van der Waals surface area contributed by atoms with E-state index in [9.17, 15) is 4.79 Å². The van der Waals surface area contributed by atoms with Gasteiger partial charge in [0, 0.05) is 54.2 Å². The van der Waals surface area contributed by atoms with Crippen molar-refractivity contribution in [3.63, 3.8) is 0 Å². The Morgan fingerprint density at radius 3 is 3.16 bits per heavy atom. The lowest BCUT2D eigenvalue weighted by molar-refractivity contribution is -0.125. The number of nitrogens with one attached hydrogen (secondary N) is 2. The number of anilines is 1. The number of hydrogen-bond donors (Lipinski definition) is 2. The van der Waals surface area contributed by atoms with Crippen molar-refractivity contribution < 1.29 is 4.79 Å². The predicted octanol–water partition coefficient (Wildman–Crippen LogP) is 2.82. The van der Waals surface area contributed by atoms with Gasteiger partial charge in [-0.1, -0.05) is 12.6 Å². The number of aromatic nitrogens is 3. The molecule has 6 heteroatoms. The molecule has 3 aromatic heterocycles. The first-order valence-corrected chi connectivity index (χ1v) is 8.30. The molecule has 3 aromatic rings. The van der Waals surface area contributed by atoms with Crippen LogP contribution < -0.4 is 5.32 Å². The van der Waals surface area contributed by atoms with Crippen molar-refractivity contribution >= 4 is 22.6 Å². The first-order chi connectivity index (χ1) is 12.2. The van der Waals surface area contributed by atoms with Crippen LogP contribution in [0.15, 0.2) is 55.6 Å². The topological polar surface area (TPSA) is 73.9 Å². The van der Waals surface area contributed by atoms with Gasteiger partial charge in [0.25, 0.3) is 0 Å². The molecule has 0 bridgehead atoms. The molecule has 0 aliphatic carbocycles. The Bertz CT molecular complexity index is 918. The minimum absolute atomic E-state index is 0.0117. The molecule has 0 radical (unpaired) electrons. The molecule has 2 N–H and O–H groups in total. The molecule has 0 unspecified atom stereocenters. The zero-order chi connectivity index (χ0) is 17.2. The van der Waals surface area contributed by atoms with Crippen molar-refractivity contribution in [2.75, 3.05) is 18.4 Å². The number of aromatic amines is 1. The number of nitrogens with zero attached hydrogens (tertiary/aromatic N) is 3. The number of carbonyl (C=O) groups is 1. The van der Waals surface area contributed by atoms with Gasteiger partial charge < -0.3 is 15.2 Å². The van der Waals surface area contributed by atoms with Crippen molar-refractivity contribution in [1.82, 2.24) is 19.9 Å². The zero-order valence-electron chi connectivity index (χ0n) is 13.8. The standard InChI is InChI=1S/C19H19N5O/c1-2-18(25)24-7-5-14(12-24)23-15-8-16-17(11-22-19(16)21-10-15)13-4-3-6-20-9-13/h2-4,6,8-11,14,23H,1,5,7,12H2,(H,21,22)/t14-/m1/s1. The quantitative estimate of drug-likeness (QED) is 0.720. The summed E-state index contributed by atoms with van der Waals surface area (Å²) in [5.74, 6) is -0.0117. The molecule has 1 aliphatic rings. The van der Waals surface area contributed by atoms with E-state index in [0.717, 1.165) is 40.8 Å². The molecular formula is C19H19N5O.